The molecular weight excluding hydrogens is 406 g/mol. The Morgan fingerprint density at radius 2 is 1.74 bits per heavy atom. The summed E-state index contributed by atoms with van der Waals surface area (Å²) < 4.78 is 6.48. The van der Waals surface area contributed by atoms with Gasteiger partial charge < -0.3 is 16.2 Å². The largest absolute Gasteiger partial charge is 0.496 e. The molecule has 5 nitrogen and oxygen atoms in total. The molecule has 0 saturated carbocycles. The fourth-order valence-electron chi connectivity index (χ4n) is 2.77. The third-order valence-corrected chi connectivity index (χ3v) is 4.35. The topological polar surface area (TPSA) is 91.2 Å². The first kappa shape index (κ1) is 22.4. The molecule has 0 bridgehead atoms. The van der Waals surface area contributed by atoms with Crippen LogP contribution in [-0.4, -0.2) is 18.5 Å². The molecule has 1 amide bonds. The van der Waals surface area contributed by atoms with E-state index < -0.39 is 0 Å². The van der Waals surface area contributed by atoms with Crippen LogP contribution >= 0.6 is 15.9 Å². The summed E-state index contributed by atoms with van der Waals surface area (Å²) in [4.78, 5) is 13.1. The molecule has 0 aliphatic heterocycles. The number of nitrogens with two attached hydrogens (primary N) is 2. The van der Waals surface area contributed by atoms with E-state index >= 15 is 0 Å². The number of pyridine rings is 1. The second-order valence-electron chi connectivity index (χ2n) is 5.50. The van der Waals surface area contributed by atoms with Crippen molar-refractivity contribution in [1.29, 1.82) is 0 Å². The van der Waals surface area contributed by atoms with Crippen LogP contribution in [0.5, 0.6) is 5.75 Å². The van der Waals surface area contributed by atoms with Crippen molar-refractivity contribution in [3.63, 3.8) is 0 Å². The van der Waals surface area contributed by atoms with E-state index in [1.807, 2.05) is 44.2 Å². The first-order valence-corrected chi connectivity index (χ1v) is 9.38. The van der Waals surface area contributed by atoms with Crippen molar-refractivity contribution in [3.8, 4) is 16.9 Å². The molecule has 0 aliphatic carbocycles. The Labute approximate surface area is 168 Å². The highest BCUT2D eigenvalue weighted by atomic mass is 79.9. The molecule has 4 N–H and O–H groups in total. The number of nitrogens with zero attached hydrogens (tertiary/aromatic N) is 1. The lowest BCUT2D eigenvalue weighted by Crippen LogP contribution is -2.00. The van der Waals surface area contributed by atoms with Crippen LogP contribution in [0.3, 0.4) is 0 Å². The van der Waals surface area contributed by atoms with Gasteiger partial charge in [0, 0.05) is 21.0 Å². The third-order valence-electron chi connectivity index (χ3n) is 3.86. The fraction of sp³-hybridized carbons (Fsp3) is 0.238. The first-order valence-electron chi connectivity index (χ1n) is 8.58. The van der Waals surface area contributed by atoms with Gasteiger partial charge in [-0.25, -0.2) is 4.98 Å². The van der Waals surface area contributed by atoms with Crippen molar-refractivity contribution in [3.05, 3.63) is 52.0 Å². The minimum Gasteiger partial charge on any atom is -0.496 e. The molecule has 2 aromatic carbocycles. The van der Waals surface area contributed by atoms with Crippen LogP contribution < -0.4 is 16.2 Å². The summed E-state index contributed by atoms with van der Waals surface area (Å²) in [5, 5.41) is 1.12. The second kappa shape index (κ2) is 10.5. The predicted molar refractivity (Wildman–Crippen MR) is 117 cm³/mol. The zero-order chi connectivity index (χ0) is 20.6. The van der Waals surface area contributed by atoms with Gasteiger partial charge in [-0.2, -0.15) is 0 Å². The van der Waals surface area contributed by atoms with E-state index in [-0.39, 0.29) is 6.41 Å². The number of amides is 1. The van der Waals surface area contributed by atoms with Gasteiger partial charge in [-0.3, -0.25) is 4.79 Å². The zero-order valence-corrected chi connectivity index (χ0v) is 17.9. The minimum absolute atomic E-state index is 0.250. The highest BCUT2D eigenvalue weighted by Gasteiger charge is 2.16. The van der Waals surface area contributed by atoms with Crippen LogP contribution in [0.1, 0.15) is 25.0 Å². The van der Waals surface area contributed by atoms with Gasteiger partial charge in [-0.1, -0.05) is 41.4 Å². The lowest BCUT2D eigenvalue weighted by molar-refractivity contribution is -0.106. The number of carbonyl (C=O) groups excluding carboxylic acids is 1. The number of rotatable bonds is 2. The van der Waals surface area contributed by atoms with Gasteiger partial charge in [-0.15, -0.1) is 0 Å². The van der Waals surface area contributed by atoms with Crippen LogP contribution in [0, 0.1) is 13.8 Å². The molecule has 144 valence electrons. The Bertz CT molecular complexity index is 927. The van der Waals surface area contributed by atoms with E-state index in [0.29, 0.717) is 5.82 Å². The standard InChI is InChI=1S/C18H17BrN2O.C2H6.CH3NO/c1-10-4-7-15-14(8-10)11(2)17(18(20)21-15)13-6-5-12(19)9-16(13)22-3;1-2;2-1-3/h4-9H,1-3H3,(H2,20,21);1-2H3;1H,(H2,2,3). The molecule has 3 rings (SSSR count). The molecule has 0 saturated heterocycles. The summed E-state index contributed by atoms with van der Waals surface area (Å²) in [6, 6.07) is 12.1. The molecule has 3 aromatic rings. The smallest absolute Gasteiger partial charge is 0.204 e. The SMILES string of the molecule is CC.COc1cc(Br)ccc1-c1c(N)nc2ccc(C)cc2c1C.NC=O. The second-order valence-corrected chi connectivity index (χ2v) is 6.41. The summed E-state index contributed by atoms with van der Waals surface area (Å²) in [7, 11) is 1.66. The summed E-state index contributed by atoms with van der Waals surface area (Å²) in [6.45, 7) is 8.16. The minimum atomic E-state index is 0.250. The van der Waals surface area contributed by atoms with Gasteiger partial charge in [0.25, 0.3) is 0 Å². The molecule has 27 heavy (non-hydrogen) atoms. The number of aryl methyl sites for hydroxylation is 2. The Kier molecular flexibility index (Phi) is 8.75. The van der Waals surface area contributed by atoms with Crippen molar-refractivity contribution in [1.82, 2.24) is 4.98 Å². The third kappa shape index (κ3) is 5.20. The van der Waals surface area contributed by atoms with E-state index in [1.54, 1.807) is 7.11 Å². The average Bonchev–Trinajstić information content (AvgIpc) is 2.66. The maximum absolute atomic E-state index is 8.58. The van der Waals surface area contributed by atoms with E-state index in [9.17, 15) is 0 Å². The van der Waals surface area contributed by atoms with E-state index in [2.05, 4.69) is 46.6 Å². The number of anilines is 1. The van der Waals surface area contributed by atoms with Gasteiger partial charge in [-0.05, 0) is 49.7 Å². The van der Waals surface area contributed by atoms with Crippen LogP contribution in [0.15, 0.2) is 40.9 Å². The zero-order valence-electron chi connectivity index (χ0n) is 16.3. The fourth-order valence-corrected chi connectivity index (χ4v) is 3.11. The number of fused-ring (bicyclic) bond motifs is 1. The van der Waals surface area contributed by atoms with Gasteiger partial charge >= 0.3 is 0 Å². The monoisotopic (exact) mass is 431 g/mol. The Hall–Kier alpha value is -2.60. The highest BCUT2D eigenvalue weighted by molar-refractivity contribution is 9.10. The molecule has 6 heteroatoms. The van der Waals surface area contributed by atoms with Gasteiger partial charge in [0.1, 0.15) is 11.6 Å². The van der Waals surface area contributed by atoms with Crippen molar-refractivity contribution < 1.29 is 9.53 Å². The number of ether oxygens (including phenoxy) is 1. The molecule has 0 unspecified atom stereocenters. The number of methoxy groups -OCH3 is 1. The number of nitrogen functional groups attached to an aromatic ring is 1. The number of hydrogen-bond acceptors (Lipinski definition) is 4. The molecule has 0 radical (unpaired) electrons. The highest BCUT2D eigenvalue weighted by Crippen LogP contribution is 2.39. The molecule has 0 aliphatic rings. The average molecular weight is 432 g/mol. The van der Waals surface area contributed by atoms with Crippen LogP contribution in [0.2, 0.25) is 0 Å². The van der Waals surface area contributed by atoms with E-state index in [1.165, 1.54) is 5.56 Å². The van der Waals surface area contributed by atoms with Crippen LogP contribution in [0.4, 0.5) is 5.82 Å². The molecule has 0 fully saturated rings. The van der Waals surface area contributed by atoms with Crippen LogP contribution in [0.25, 0.3) is 22.0 Å². The predicted octanol–water partition coefficient (Wildman–Crippen LogP) is 5.00. The number of benzene rings is 2. The molecule has 0 spiro atoms. The van der Waals surface area contributed by atoms with Gasteiger partial charge in [0.05, 0.1) is 12.6 Å². The normalized spacial score (nSPS) is 9.56. The molecular formula is C21H26BrN3O2. The van der Waals surface area contributed by atoms with Crippen molar-refractivity contribution >= 4 is 39.1 Å². The number of aromatic nitrogens is 1. The Morgan fingerprint density at radius 1 is 1.11 bits per heavy atom. The summed E-state index contributed by atoms with van der Waals surface area (Å²) in [6.07, 6.45) is 0.250. The van der Waals surface area contributed by atoms with E-state index in [0.717, 1.165) is 37.8 Å². The number of carbonyl (C=O) groups is 1. The van der Waals surface area contributed by atoms with E-state index in [4.69, 9.17) is 15.3 Å². The number of hydrogen-bond donors (Lipinski definition) is 2. The Balaban J connectivity index is 0.000000665. The molecule has 1 heterocycles. The Morgan fingerprint density at radius 3 is 2.33 bits per heavy atom. The number of primary amides is 1. The van der Waals surface area contributed by atoms with Crippen molar-refractivity contribution in [2.75, 3.05) is 12.8 Å². The first-order chi connectivity index (χ1) is 12.9. The van der Waals surface area contributed by atoms with Crippen molar-refractivity contribution in [2.45, 2.75) is 27.7 Å². The molecule has 0 atom stereocenters. The van der Waals surface area contributed by atoms with Gasteiger partial charge in [0.2, 0.25) is 6.41 Å². The lowest BCUT2D eigenvalue weighted by Gasteiger charge is -2.15. The van der Waals surface area contributed by atoms with Crippen molar-refractivity contribution in [2.24, 2.45) is 5.73 Å². The summed E-state index contributed by atoms with van der Waals surface area (Å²) in [5.74, 6) is 1.30. The molecule has 1 aromatic heterocycles. The lowest BCUT2D eigenvalue weighted by atomic mass is 9.96. The van der Waals surface area contributed by atoms with Gasteiger partial charge in [0.15, 0.2) is 0 Å². The summed E-state index contributed by atoms with van der Waals surface area (Å²) >= 11 is 3.47. The maximum atomic E-state index is 8.58. The number of halogens is 1. The maximum Gasteiger partial charge on any atom is 0.204 e. The summed E-state index contributed by atoms with van der Waals surface area (Å²) in [5.41, 5.74) is 15.5. The van der Waals surface area contributed by atoms with Crippen LogP contribution in [-0.2, 0) is 4.79 Å². The quantitative estimate of drug-likeness (QED) is 0.558.